The summed E-state index contributed by atoms with van der Waals surface area (Å²) in [5.41, 5.74) is 1.95. The van der Waals surface area contributed by atoms with Crippen LogP contribution in [0.2, 0.25) is 0 Å². The van der Waals surface area contributed by atoms with Crippen molar-refractivity contribution in [2.45, 2.75) is 26.9 Å². The maximum Gasteiger partial charge on any atom is 0.269 e. The van der Waals surface area contributed by atoms with Gasteiger partial charge < -0.3 is 14.4 Å². The SMILES string of the molecule is CCOc1ccc(CN(CC)C(=O)Cn2c(=O)cnc3ccccc32)cc1OC. The molecule has 0 spiro atoms. The Morgan fingerprint density at radius 1 is 1.14 bits per heavy atom. The zero-order chi connectivity index (χ0) is 20.8. The maximum absolute atomic E-state index is 13.0. The van der Waals surface area contributed by atoms with E-state index in [2.05, 4.69) is 4.98 Å². The van der Waals surface area contributed by atoms with E-state index in [9.17, 15) is 9.59 Å². The summed E-state index contributed by atoms with van der Waals surface area (Å²) in [6.45, 7) is 5.27. The molecule has 3 aromatic rings. The smallest absolute Gasteiger partial charge is 0.269 e. The molecule has 7 heteroatoms. The molecule has 0 unspecified atom stereocenters. The Labute approximate surface area is 169 Å². The van der Waals surface area contributed by atoms with E-state index in [0.29, 0.717) is 42.2 Å². The number of amides is 1. The minimum atomic E-state index is -0.296. The first-order valence-electron chi connectivity index (χ1n) is 9.59. The lowest BCUT2D eigenvalue weighted by Gasteiger charge is -2.22. The first kappa shape index (κ1) is 20.4. The van der Waals surface area contributed by atoms with Crippen LogP contribution in [-0.2, 0) is 17.9 Å². The predicted molar refractivity (Wildman–Crippen MR) is 111 cm³/mol. The number of rotatable bonds is 8. The minimum Gasteiger partial charge on any atom is -0.493 e. The Morgan fingerprint density at radius 3 is 2.66 bits per heavy atom. The largest absolute Gasteiger partial charge is 0.493 e. The number of aromatic nitrogens is 2. The van der Waals surface area contributed by atoms with Crippen LogP contribution in [0.4, 0.5) is 0 Å². The van der Waals surface area contributed by atoms with Gasteiger partial charge >= 0.3 is 0 Å². The van der Waals surface area contributed by atoms with Crippen molar-refractivity contribution in [2.75, 3.05) is 20.3 Å². The lowest BCUT2D eigenvalue weighted by atomic mass is 10.2. The number of para-hydroxylation sites is 2. The molecule has 3 rings (SSSR count). The van der Waals surface area contributed by atoms with E-state index in [1.165, 1.54) is 10.8 Å². The second-order valence-electron chi connectivity index (χ2n) is 6.50. The van der Waals surface area contributed by atoms with E-state index in [4.69, 9.17) is 9.47 Å². The molecule has 0 aliphatic carbocycles. The Hall–Kier alpha value is -3.35. The standard InChI is InChI=1S/C22H25N3O4/c1-4-24(14-16-10-11-19(29-5-2)20(12-16)28-3)22(27)15-25-18-9-7-6-8-17(18)23-13-21(25)26/h6-13H,4-5,14-15H2,1-3H3. The Kier molecular flexibility index (Phi) is 6.49. The molecule has 0 saturated heterocycles. The number of benzene rings is 2. The summed E-state index contributed by atoms with van der Waals surface area (Å²) in [7, 11) is 1.59. The van der Waals surface area contributed by atoms with Crippen LogP contribution in [-0.4, -0.2) is 40.6 Å². The van der Waals surface area contributed by atoms with Gasteiger partial charge in [0.25, 0.3) is 5.56 Å². The van der Waals surface area contributed by atoms with E-state index in [1.807, 2.05) is 50.2 Å². The van der Waals surface area contributed by atoms with Gasteiger partial charge in [-0.1, -0.05) is 18.2 Å². The fourth-order valence-electron chi connectivity index (χ4n) is 3.19. The van der Waals surface area contributed by atoms with Crippen LogP contribution in [0.25, 0.3) is 11.0 Å². The van der Waals surface area contributed by atoms with Crippen molar-refractivity contribution in [1.82, 2.24) is 14.5 Å². The molecule has 0 atom stereocenters. The molecule has 29 heavy (non-hydrogen) atoms. The molecule has 0 aliphatic heterocycles. The third kappa shape index (κ3) is 4.56. The second-order valence-corrected chi connectivity index (χ2v) is 6.50. The molecule has 7 nitrogen and oxygen atoms in total. The van der Waals surface area contributed by atoms with Gasteiger partial charge in [0.1, 0.15) is 6.54 Å². The molecule has 1 heterocycles. The summed E-state index contributed by atoms with van der Waals surface area (Å²) in [4.78, 5) is 31.1. The molecule has 1 amide bonds. The third-order valence-corrected chi connectivity index (χ3v) is 4.68. The van der Waals surface area contributed by atoms with E-state index < -0.39 is 0 Å². The summed E-state index contributed by atoms with van der Waals surface area (Å²) >= 11 is 0. The molecular weight excluding hydrogens is 370 g/mol. The lowest BCUT2D eigenvalue weighted by molar-refractivity contribution is -0.132. The monoisotopic (exact) mass is 395 g/mol. The molecule has 0 bridgehead atoms. The quantitative estimate of drug-likeness (QED) is 0.586. The molecule has 0 saturated carbocycles. The summed E-state index contributed by atoms with van der Waals surface area (Å²) in [5, 5.41) is 0. The number of methoxy groups -OCH3 is 1. The zero-order valence-corrected chi connectivity index (χ0v) is 16.9. The normalized spacial score (nSPS) is 10.7. The van der Waals surface area contributed by atoms with E-state index in [0.717, 1.165) is 5.56 Å². The van der Waals surface area contributed by atoms with Crippen LogP contribution in [0.1, 0.15) is 19.4 Å². The number of ether oxygens (including phenoxy) is 2. The van der Waals surface area contributed by atoms with Crippen LogP contribution in [0.5, 0.6) is 11.5 Å². The molecule has 0 radical (unpaired) electrons. The highest BCUT2D eigenvalue weighted by atomic mass is 16.5. The van der Waals surface area contributed by atoms with Gasteiger partial charge in [0, 0.05) is 13.1 Å². The third-order valence-electron chi connectivity index (χ3n) is 4.68. The minimum absolute atomic E-state index is 0.0378. The van der Waals surface area contributed by atoms with Gasteiger partial charge in [-0.15, -0.1) is 0 Å². The van der Waals surface area contributed by atoms with Gasteiger partial charge in [-0.05, 0) is 43.7 Å². The average Bonchev–Trinajstić information content (AvgIpc) is 2.75. The number of carbonyl (C=O) groups is 1. The van der Waals surface area contributed by atoms with Crippen LogP contribution in [0.3, 0.4) is 0 Å². The summed E-state index contributed by atoms with van der Waals surface area (Å²) in [6.07, 6.45) is 1.25. The van der Waals surface area contributed by atoms with Gasteiger partial charge in [-0.2, -0.15) is 0 Å². The number of hydrogen-bond acceptors (Lipinski definition) is 5. The van der Waals surface area contributed by atoms with Gasteiger partial charge in [0.2, 0.25) is 5.91 Å². The second kappa shape index (κ2) is 9.23. The number of fused-ring (bicyclic) bond motifs is 1. The highest BCUT2D eigenvalue weighted by Crippen LogP contribution is 2.28. The molecule has 0 N–H and O–H groups in total. The molecular formula is C22H25N3O4. The zero-order valence-electron chi connectivity index (χ0n) is 16.9. The average molecular weight is 395 g/mol. The number of hydrogen-bond donors (Lipinski definition) is 0. The molecule has 2 aromatic carbocycles. The van der Waals surface area contributed by atoms with Crippen molar-refractivity contribution in [1.29, 1.82) is 0 Å². The maximum atomic E-state index is 13.0. The van der Waals surface area contributed by atoms with Crippen LogP contribution in [0.15, 0.2) is 53.5 Å². The fourth-order valence-corrected chi connectivity index (χ4v) is 3.19. The predicted octanol–water partition coefficient (Wildman–Crippen LogP) is 2.85. The number of nitrogens with zero attached hydrogens (tertiary/aromatic N) is 3. The molecule has 0 aliphatic rings. The van der Waals surface area contributed by atoms with Crippen molar-refractivity contribution in [2.24, 2.45) is 0 Å². The Balaban J connectivity index is 1.82. The Morgan fingerprint density at radius 2 is 1.93 bits per heavy atom. The van der Waals surface area contributed by atoms with E-state index in [1.54, 1.807) is 18.1 Å². The molecule has 152 valence electrons. The van der Waals surface area contributed by atoms with Gasteiger partial charge in [0.05, 0.1) is 30.9 Å². The van der Waals surface area contributed by atoms with Crippen molar-refractivity contribution < 1.29 is 14.3 Å². The highest BCUT2D eigenvalue weighted by Gasteiger charge is 2.16. The van der Waals surface area contributed by atoms with Crippen LogP contribution < -0.4 is 15.0 Å². The molecule has 0 fully saturated rings. The lowest BCUT2D eigenvalue weighted by Crippen LogP contribution is -2.36. The van der Waals surface area contributed by atoms with Gasteiger partial charge in [0.15, 0.2) is 11.5 Å². The van der Waals surface area contributed by atoms with Crippen molar-refractivity contribution in [3.63, 3.8) is 0 Å². The van der Waals surface area contributed by atoms with Crippen molar-refractivity contribution >= 4 is 16.9 Å². The van der Waals surface area contributed by atoms with Crippen molar-refractivity contribution in [3.8, 4) is 11.5 Å². The highest BCUT2D eigenvalue weighted by molar-refractivity contribution is 5.80. The first-order chi connectivity index (χ1) is 14.1. The Bertz CT molecular complexity index is 1060. The van der Waals surface area contributed by atoms with Crippen LogP contribution >= 0.6 is 0 Å². The van der Waals surface area contributed by atoms with Gasteiger partial charge in [-0.3, -0.25) is 14.2 Å². The topological polar surface area (TPSA) is 73.7 Å². The molecule has 1 aromatic heterocycles. The van der Waals surface area contributed by atoms with Crippen LogP contribution in [0, 0.1) is 0 Å². The van der Waals surface area contributed by atoms with E-state index >= 15 is 0 Å². The number of carbonyl (C=O) groups excluding carboxylic acids is 1. The summed E-state index contributed by atoms with van der Waals surface area (Å²) in [5.74, 6) is 1.16. The summed E-state index contributed by atoms with van der Waals surface area (Å²) in [6, 6.07) is 12.9. The van der Waals surface area contributed by atoms with Crippen molar-refractivity contribution in [3.05, 3.63) is 64.6 Å². The first-order valence-corrected chi connectivity index (χ1v) is 9.59. The van der Waals surface area contributed by atoms with E-state index in [-0.39, 0.29) is 18.0 Å². The number of likely N-dealkylation sites (N-methyl/N-ethyl adjacent to an activating group) is 1. The van der Waals surface area contributed by atoms with Gasteiger partial charge in [-0.25, -0.2) is 4.98 Å². The summed E-state index contributed by atoms with van der Waals surface area (Å²) < 4.78 is 12.4. The fraction of sp³-hybridized carbons (Fsp3) is 0.318.